The van der Waals surface area contributed by atoms with Crippen LogP contribution in [0.4, 0.5) is 5.69 Å². The summed E-state index contributed by atoms with van der Waals surface area (Å²) in [4.78, 5) is 35.3. The zero-order valence-electron chi connectivity index (χ0n) is 10.4. The van der Waals surface area contributed by atoms with Crippen molar-refractivity contribution in [3.63, 3.8) is 0 Å². The van der Waals surface area contributed by atoms with Crippen LogP contribution in [-0.2, 0) is 4.79 Å². The molecule has 2 rings (SSSR count). The molecule has 1 aromatic rings. The molecule has 2 N–H and O–H groups in total. The summed E-state index contributed by atoms with van der Waals surface area (Å²) in [5, 5.41) is 10.9. The quantitative estimate of drug-likeness (QED) is 0.663. The van der Waals surface area contributed by atoms with E-state index in [0.717, 1.165) is 0 Å². The minimum absolute atomic E-state index is 0.174. The fourth-order valence-corrected chi connectivity index (χ4v) is 2.65. The van der Waals surface area contributed by atoms with Crippen molar-refractivity contribution in [2.75, 3.05) is 6.54 Å². The lowest BCUT2D eigenvalue weighted by Gasteiger charge is -2.22. The van der Waals surface area contributed by atoms with Gasteiger partial charge in [0.1, 0.15) is 6.04 Å². The van der Waals surface area contributed by atoms with Gasteiger partial charge >= 0.3 is 0 Å². The number of rotatable bonds is 3. The van der Waals surface area contributed by atoms with Gasteiger partial charge in [-0.1, -0.05) is 0 Å². The van der Waals surface area contributed by atoms with Gasteiger partial charge in [0, 0.05) is 18.2 Å². The number of halogens is 1. The molecule has 8 heteroatoms. The minimum atomic E-state index is -0.634. The molecule has 1 unspecified atom stereocenters. The standard InChI is InChI=1S/C12H12BrN3O4/c13-8-4-3-7(6-10(8)16(19)20)12(18)15-5-1-2-9(15)11(14)17/h3-4,6,9H,1-2,5H2,(H2,14,17). The van der Waals surface area contributed by atoms with Crippen molar-refractivity contribution < 1.29 is 14.5 Å². The summed E-state index contributed by atoms with van der Waals surface area (Å²) in [5.74, 6) is -0.968. The highest BCUT2D eigenvalue weighted by molar-refractivity contribution is 9.10. The van der Waals surface area contributed by atoms with Crippen LogP contribution < -0.4 is 5.73 Å². The average molecular weight is 342 g/mol. The van der Waals surface area contributed by atoms with Gasteiger partial charge in [0.15, 0.2) is 0 Å². The largest absolute Gasteiger partial charge is 0.368 e. The van der Waals surface area contributed by atoms with Crippen LogP contribution in [0, 0.1) is 10.1 Å². The molecule has 1 aromatic carbocycles. The third-order valence-corrected chi connectivity index (χ3v) is 3.90. The summed E-state index contributed by atoms with van der Waals surface area (Å²) in [6.45, 7) is 0.427. The maximum atomic E-state index is 12.3. The Bertz CT molecular complexity index is 590. The number of nitrogens with zero attached hydrogens (tertiary/aromatic N) is 2. The Morgan fingerprint density at radius 3 is 2.75 bits per heavy atom. The van der Waals surface area contributed by atoms with Crippen LogP contribution in [-0.4, -0.2) is 34.2 Å². The number of hydrogen-bond donors (Lipinski definition) is 1. The second-order valence-electron chi connectivity index (χ2n) is 4.48. The highest BCUT2D eigenvalue weighted by atomic mass is 79.9. The molecule has 0 radical (unpaired) electrons. The SMILES string of the molecule is NC(=O)C1CCCN1C(=O)c1ccc(Br)c([N+](=O)[O-])c1. The fraction of sp³-hybridized carbons (Fsp3) is 0.333. The Hall–Kier alpha value is -1.96. The molecule has 1 aliphatic rings. The summed E-state index contributed by atoms with van der Waals surface area (Å²) >= 11 is 3.06. The number of amides is 2. The number of primary amides is 1. The van der Waals surface area contributed by atoms with Crippen molar-refractivity contribution in [1.29, 1.82) is 0 Å². The maximum Gasteiger partial charge on any atom is 0.284 e. The normalized spacial score (nSPS) is 18.1. The molecule has 0 aliphatic carbocycles. The molecule has 1 aliphatic heterocycles. The Morgan fingerprint density at radius 1 is 1.45 bits per heavy atom. The molecule has 2 amide bonds. The van der Waals surface area contributed by atoms with Crippen LogP contribution >= 0.6 is 15.9 Å². The number of nitrogens with two attached hydrogens (primary N) is 1. The van der Waals surface area contributed by atoms with Crippen molar-refractivity contribution in [2.24, 2.45) is 5.73 Å². The Balaban J connectivity index is 2.32. The number of carbonyl (C=O) groups is 2. The third kappa shape index (κ3) is 2.64. The second kappa shape index (κ2) is 5.58. The van der Waals surface area contributed by atoms with E-state index in [4.69, 9.17) is 5.73 Å². The van der Waals surface area contributed by atoms with Crippen molar-refractivity contribution in [3.8, 4) is 0 Å². The van der Waals surface area contributed by atoms with E-state index >= 15 is 0 Å². The van der Waals surface area contributed by atoms with Crippen molar-refractivity contribution in [2.45, 2.75) is 18.9 Å². The number of likely N-dealkylation sites (tertiary alicyclic amines) is 1. The lowest BCUT2D eigenvalue weighted by Crippen LogP contribution is -2.43. The third-order valence-electron chi connectivity index (χ3n) is 3.23. The molecule has 0 aromatic heterocycles. The first-order valence-corrected chi connectivity index (χ1v) is 6.75. The predicted molar refractivity (Wildman–Crippen MR) is 74.0 cm³/mol. The van der Waals surface area contributed by atoms with Gasteiger partial charge in [-0.05, 0) is 40.9 Å². The Labute approximate surface area is 123 Å². The number of benzene rings is 1. The van der Waals surface area contributed by atoms with E-state index < -0.39 is 22.8 Å². The molecule has 20 heavy (non-hydrogen) atoms. The zero-order chi connectivity index (χ0) is 14.9. The molecule has 1 saturated heterocycles. The first-order valence-electron chi connectivity index (χ1n) is 5.96. The monoisotopic (exact) mass is 341 g/mol. The van der Waals surface area contributed by atoms with E-state index in [2.05, 4.69) is 15.9 Å². The molecule has 106 valence electrons. The summed E-state index contributed by atoms with van der Waals surface area (Å²) in [5.41, 5.74) is 5.24. The first-order chi connectivity index (χ1) is 9.41. The number of hydrogen-bond acceptors (Lipinski definition) is 4. The van der Waals surface area contributed by atoms with Crippen molar-refractivity contribution >= 4 is 33.4 Å². The van der Waals surface area contributed by atoms with E-state index in [1.165, 1.54) is 23.1 Å². The summed E-state index contributed by atoms with van der Waals surface area (Å²) in [6, 6.07) is 3.49. The van der Waals surface area contributed by atoms with Crippen LogP contribution in [0.15, 0.2) is 22.7 Å². The first kappa shape index (κ1) is 14.4. The van der Waals surface area contributed by atoms with Gasteiger partial charge in [-0.2, -0.15) is 0 Å². The molecule has 7 nitrogen and oxygen atoms in total. The second-order valence-corrected chi connectivity index (χ2v) is 5.34. The molecule has 0 spiro atoms. The lowest BCUT2D eigenvalue weighted by atomic mass is 10.1. The molecule has 1 fully saturated rings. The van der Waals surface area contributed by atoms with Gasteiger partial charge < -0.3 is 10.6 Å². The highest BCUT2D eigenvalue weighted by Crippen LogP contribution is 2.27. The van der Waals surface area contributed by atoms with Crippen molar-refractivity contribution in [1.82, 2.24) is 4.90 Å². The highest BCUT2D eigenvalue weighted by Gasteiger charge is 2.33. The van der Waals surface area contributed by atoms with Crippen LogP contribution in [0.3, 0.4) is 0 Å². The lowest BCUT2D eigenvalue weighted by molar-refractivity contribution is -0.385. The molecule has 0 bridgehead atoms. The predicted octanol–water partition coefficient (Wildman–Crippen LogP) is 1.45. The summed E-state index contributed by atoms with van der Waals surface area (Å²) < 4.78 is 0.298. The fourth-order valence-electron chi connectivity index (χ4n) is 2.26. The van der Waals surface area contributed by atoms with E-state index in [0.29, 0.717) is 23.9 Å². The van der Waals surface area contributed by atoms with Gasteiger partial charge in [0.2, 0.25) is 5.91 Å². The number of nitro benzene ring substituents is 1. The Kier molecular flexibility index (Phi) is 4.03. The van der Waals surface area contributed by atoms with Gasteiger partial charge in [-0.3, -0.25) is 19.7 Å². The van der Waals surface area contributed by atoms with Crippen LogP contribution in [0.1, 0.15) is 23.2 Å². The van der Waals surface area contributed by atoms with Gasteiger partial charge in [-0.15, -0.1) is 0 Å². The number of carbonyl (C=O) groups excluding carboxylic acids is 2. The van der Waals surface area contributed by atoms with Gasteiger partial charge in [0.05, 0.1) is 9.40 Å². The van der Waals surface area contributed by atoms with Gasteiger partial charge in [-0.25, -0.2) is 0 Å². The summed E-state index contributed by atoms with van der Waals surface area (Å²) in [7, 11) is 0. The zero-order valence-corrected chi connectivity index (χ0v) is 12.0. The Morgan fingerprint density at radius 2 is 2.15 bits per heavy atom. The smallest absolute Gasteiger partial charge is 0.284 e. The average Bonchev–Trinajstić information content (AvgIpc) is 2.87. The van der Waals surface area contributed by atoms with Crippen LogP contribution in [0.25, 0.3) is 0 Å². The van der Waals surface area contributed by atoms with Crippen molar-refractivity contribution in [3.05, 3.63) is 38.3 Å². The molecule has 1 heterocycles. The van der Waals surface area contributed by atoms with Crippen LogP contribution in [0.2, 0.25) is 0 Å². The van der Waals surface area contributed by atoms with E-state index in [1.807, 2.05) is 0 Å². The maximum absolute atomic E-state index is 12.3. The molecule has 0 saturated carbocycles. The molecular formula is C12H12BrN3O4. The van der Waals surface area contributed by atoms with Crippen LogP contribution in [0.5, 0.6) is 0 Å². The topological polar surface area (TPSA) is 107 Å². The van der Waals surface area contributed by atoms with E-state index in [9.17, 15) is 19.7 Å². The van der Waals surface area contributed by atoms with E-state index in [-0.39, 0.29) is 11.3 Å². The molecular weight excluding hydrogens is 330 g/mol. The van der Waals surface area contributed by atoms with Gasteiger partial charge in [0.25, 0.3) is 11.6 Å². The minimum Gasteiger partial charge on any atom is -0.368 e. The molecule has 1 atom stereocenters. The number of nitro groups is 1. The van der Waals surface area contributed by atoms with E-state index in [1.54, 1.807) is 0 Å². The summed E-state index contributed by atoms with van der Waals surface area (Å²) in [6.07, 6.45) is 1.22.